The number of aryl methyl sites for hydroxylation is 1. The van der Waals surface area contributed by atoms with Crippen LogP contribution in [0.25, 0.3) is 0 Å². The lowest BCUT2D eigenvalue weighted by Crippen LogP contribution is -2.44. The normalized spacial score (nSPS) is 11.8. The van der Waals surface area contributed by atoms with Gasteiger partial charge in [-0.15, -0.1) is 0 Å². The predicted octanol–water partition coefficient (Wildman–Crippen LogP) is 3.64. The highest BCUT2D eigenvalue weighted by atomic mass is 32.1. The fourth-order valence-corrected chi connectivity index (χ4v) is 4.55. The standard InChI is InChI=1S/C26H31N5O4S/c1-4-16-7-5-6-8-19(16)31(26(35)23-20(27)21(24(28)33)30-36-23)22(17-9-11-18(32)12-10-17)25(34)29-14-13-15(2)3/h5-12,15,22,32H,4,13-14,27H2,1-3H3,(H2,28,33)(H,29,34). The van der Waals surface area contributed by atoms with Gasteiger partial charge in [-0.25, -0.2) is 0 Å². The van der Waals surface area contributed by atoms with E-state index in [-0.39, 0.29) is 27.9 Å². The Morgan fingerprint density at radius 2 is 1.78 bits per heavy atom. The molecule has 0 radical (unpaired) electrons. The topological polar surface area (TPSA) is 152 Å². The van der Waals surface area contributed by atoms with E-state index in [1.54, 1.807) is 24.3 Å². The Bertz CT molecular complexity index is 1240. The van der Waals surface area contributed by atoms with E-state index in [9.17, 15) is 19.5 Å². The fraction of sp³-hybridized carbons (Fsp3) is 0.308. The number of nitrogens with two attached hydrogens (primary N) is 2. The van der Waals surface area contributed by atoms with Gasteiger partial charge in [0, 0.05) is 12.2 Å². The number of amides is 3. The lowest BCUT2D eigenvalue weighted by molar-refractivity contribution is -0.122. The Morgan fingerprint density at radius 1 is 1.11 bits per heavy atom. The molecule has 0 aliphatic heterocycles. The third-order valence-corrected chi connectivity index (χ3v) is 6.59. The van der Waals surface area contributed by atoms with Crippen molar-refractivity contribution in [1.82, 2.24) is 9.69 Å². The number of phenolic OH excluding ortho intramolecular Hbond substituents is 1. The first kappa shape index (κ1) is 26.7. The maximum Gasteiger partial charge on any atom is 0.273 e. The van der Waals surface area contributed by atoms with Crippen LogP contribution in [0, 0.1) is 5.92 Å². The van der Waals surface area contributed by atoms with Crippen molar-refractivity contribution in [3.8, 4) is 5.75 Å². The van der Waals surface area contributed by atoms with Crippen molar-refractivity contribution < 1.29 is 19.5 Å². The smallest absolute Gasteiger partial charge is 0.273 e. The molecule has 36 heavy (non-hydrogen) atoms. The van der Waals surface area contributed by atoms with E-state index in [1.807, 2.05) is 19.1 Å². The molecule has 0 saturated carbocycles. The summed E-state index contributed by atoms with van der Waals surface area (Å²) in [5.41, 5.74) is 13.0. The molecule has 3 rings (SSSR count). The molecule has 9 nitrogen and oxygen atoms in total. The van der Waals surface area contributed by atoms with E-state index in [2.05, 4.69) is 23.5 Å². The van der Waals surface area contributed by atoms with Gasteiger partial charge in [0.1, 0.15) is 16.7 Å². The van der Waals surface area contributed by atoms with Crippen molar-refractivity contribution in [2.75, 3.05) is 17.2 Å². The Labute approximate surface area is 214 Å². The maximum atomic E-state index is 14.1. The summed E-state index contributed by atoms with van der Waals surface area (Å²) in [5.74, 6) is -1.42. The second-order valence-corrected chi connectivity index (χ2v) is 9.54. The van der Waals surface area contributed by atoms with Gasteiger partial charge in [0.15, 0.2) is 5.69 Å². The molecule has 0 aliphatic carbocycles. The zero-order chi connectivity index (χ0) is 26.4. The monoisotopic (exact) mass is 509 g/mol. The number of anilines is 2. The Hall–Kier alpha value is -3.92. The average Bonchev–Trinajstić information content (AvgIpc) is 3.24. The molecule has 0 fully saturated rings. The minimum absolute atomic E-state index is 0.00784. The largest absolute Gasteiger partial charge is 0.508 e. The van der Waals surface area contributed by atoms with Crippen LogP contribution in [0.2, 0.25) is 0 Å². The van der Waals surface area contributed by atoms with Gasteiger partial charge in [0.2, 0.25) is 5.91 Å². The summed E-state index contributed by atoms with van der Waals surface area (Å²) >= 11 is 0.759. The summed E-state index contributed by atoms with van der Waals surface area (Å²) in [5, 5.41) is 12.8. The number of aromatic hydroxyl groups is 1. The predicted molar refractivity (Wildman–Crippen MR) is 141 cm³/mol. The molecule has 0 bridgehead atoms. The van der Waals surface area contributed by atoms with Crippen LogP contribution in [-0.2, 0) is 11.2 Å². The van der Waals surface area contributed by atoms with E-state index < -0.39 is 17.9 Å². The zero-order valence-corrected chi connectivity index (χ0v) is 21.3. The number of carbonyl (C=O) groups excluding carboxylic acids is 3. The summed E-state index contributed by atoms with van der Waals surface area (Å²) in [6, 6.07) is 12.3. The number of primary amides is 1. The molecule has 1 aromatic heterocycles. The first-order chi connectivity index (χ1) is 17.1. The third kappa shape index (κ3) is 5.83. The summed E-state index contributed by atoms with van der Waals surface area (Å²) in [6.45, 7) is 6.49. The first-order valence-electron chi connectivity index (χ1n) is 11.7. The van der Waals surface area contributed by atoms with Crippen molar-refractivity contribution >= 4 is 40.6 Å². The molecule has 190 valence electrons. The van der Waals surface area contributed by atoms with E-state index in [4.69, 9.17) is 11.5 Å². The van der Waals surface area contributed by atoms with E-state index >= 15 is 0 Å². The minimum atomic E-state index is -1.09. The summed E-state index contributed by atoms with van der Waals surface area (Å²) < 4.78 is 3.97. The number of phenols is 1. The Kier molecular flexibility index (Phi) is 8.65. The van der Waals surface area contributed by atoms with Crippen molar-refractivity contribution in [3.63, 3.8) is 0 Å². The zero-order valence-electron chi connectivity index (χ0n) is 20.5. The highest BCUT2D eigenvalue weighted by Crippen LogP contribution is 2.35. The summed E-state index contributed by atoms with van der Waals surface area (Å²) in [4.78, 5) is 40.9. The van der Waals surface area contributed by atoms with Crippen molar-refractivity contribution in [2.24, 2.45) is 11.7 Å². The molecule has 3 aromatic rings. The number of hydrogen-bond donors (Lipinski definition) is 4. The lowest BCUT2D eigenvalue weighted by atomic mass is 10.00. The molecular formula is C26H31N5O4S. The SMILES string of the molecule is CCc1ccccc1N(C(=O)c1snc(C(N)=O)c1N)C(C(=O)NCCC(C)C)c1ccc(O)cc1. The second kappa shape index (κ2) is 11.7. The van der Waals surface area contributed by atoms with Crippen molar-refractivity contribution in [3.05, 3.63) is 70.2 Å². The molecule has 1 atom stereocenters. The summed E-state index contributed by atoms with van der Waals surface area (Å²) in [7, 11) is 0. The van der Waals surface area contributed by atoms with Crippen LogP contribution in [0.1, 0.15) is 64.5 Å². The minimum Gasteiger partial charge on any atom is -0.508 e. The molecule has 3 amide bonds. The number of aromatic nitrogens is 1. The highest BCUT2D eigenvalue weighted by Gasteiger charge is 2.36. The molecule has 6 N–H and O–H groups in total. The van der Waals surface area contributed by atoms with Gasteiger partial charge in [-0.3, -0.25) is 19.3 Å². The molecule has 2 aromatic carbocycles. The first-order valence-corrected chi connectivity index (χ1v) is 12.5. The van der Waals surface area contributed by atoms with Crippen molar-refractivity contribution in [2.45, 2.75) is 39.7 Å². The van der Waals surface area contributed by atoms with Crippen LogP contribution < -0.4 is 21.7 Å². The number of nitrogen functional groups attached to an aromatic ring is 1. The van der Waals surface area contributed by atoms with E-state index in [0.717, 1.165) is 23.5 Å². The number of hydrogen-bond acceptors (Lipinski definition) is 7. The van der Waals surface area contributed by atoms with E-state index in [1.165, 1.54) is 17.0 Å². The van der Waals surface area contributed by atoms with Gasteiger partial charge < -0.3 is 21.9 Å². The number of nitrogens with zero attached hydrogens (tertiary/aromatic N) is 2. The molecule has 0 aliphatic rings. The molecule has 0 saturated heterocycles. The highest BCUT2D eigenvalue weighted by molar-refractivity contribution is 7.09. The van der Waals surface area contributed by atoms with Crippen LogP contribution in [-0.4, -0.2) is 33.7 Å². The Balaban J connectivity index is 2.20. The molecule has 1 heterocycles. The van der Waals surface area contributed by atoms with Crippen LogP contribution in [0.3, 0.4) is 0 Å². The second-order valence-electron chi connectivity index (χ2n) is 8.76. The van der Waals surface area contributed by atoms with E-state index in [0.29, 0.717) is 30.1 Å². The quantitative estimate of drug-likeness (QED) is 0.327. The molecular weight excluding hydrogens is 478 g/mol. The number of para-hydroxylation sites is 1. The van der Waals surface area contributed by atoms with Crippen molar-refractivity contribution in [1.29, 1.82) is 0 Å². The maximum absolute atomic E-state index is 14.1. The van der Waals surface area contributed by atoms with Gasteiger partial charge >= 0.3 is 0 Å². The molecule has 10 heteroatoms. The number of benzene rings is 2. The van der Waals surface area contributed by atoms with Crippen LogP contribution in [0.5, 0.6) is 5.75 Å². The molecule has 0 spiro atoms. The Morgan fingerprint density at radius 3 is 2.36 bits per heavy atom. The van der Waals surface area contributed by atoms with Gasteiger partial charge in [-0.05, 0) is 59.6 Å². The lowest BCUT2D eigenvalue weighted by Gasteiger charge is -2.32. The van der Waals surface area contributed by atoms with Gasteiger partial charge in [0.25, 0.3) is 11.8 Å². The fourth-order valence-electron chi connectivity index (χ4n) is 3.80. The number of rotatable bonds is 10. The summed E-state index contributed by atoms with van der Waals surface area (Å²) in [6.07, 6.45) is 1.36. The average molecular weight is 510 g/mol. The van der Waals surface area contributed by atoms with Crippen LogP contribution in [0.4, 0.5) is 11.4 Å². The number of carbonyl (C=O) groups is 3. The number of nitrogens with one attached hydrogen (secondary N) is 1. The van der Waals surface area contributed by atoms with Crippen LogP contribution >= 0.6 is 11.5 Å². The molecule has 1 unspecified atom stereocenters. The third-order valence-electron chi connectivity index (χ3n) is 5.74. The van der Waals surface area contributed by atoms with Gasteiger partial charge in [-0.1, -0.05) is 51.1 Å². The van der Waals surface area contributed by atoms with Gasteiger partial charge in [-0.2, -0.15) is 4.37 Å². The van der Waals surface area contributed by atoms with Crippen LogP contribution in [0.15, 0.2) is 48.5 Å². The van der Waals surface area contributed by atoms with Gasteiger partial charge in [0.05, 0.1) is 5.69 Å².